The van der Waals surface area contributed by atoms with Crippen molar-refractivity contribution in [2.24, 2.45) is 5.92 Å². The number of thiocarbonyl (C=S) groups is 1. The highest BCUT2D eigenvalue weighted by Crippen LogP contribution is 2.38. The molecule has 3 radical (unpaired) electrons. The Kier molecular flexibility index (Phi) is 3.74. The van der Waals surface area contributed by atoms with Gasteiger partial charge in [0.25, 0.3) is 0 Å². The van der Waals surface area contributed by atoms with Crippen molar-refractivity contribution in [3.63, 3.8) is 0 Å². The number of piperidine rings is 3. The molecule has 3 aliphatic rings. The van der Waals surface area contributed by atoms with Crippen LogP contribution in [0.2, 0.25) is 0 Å². The molecule has 3 saturated heterocycles. The number of thiazole rings is 1. The molecule has 4 rings (SSSR count). The Balaban J connectivity index is 1.56. The SMILES string of the molecule is [B-][N+]12CCC(CC1)C(O)(CNC(=S)Nc1nccs1)C2. The first-order valence-corrected chi connectivity index (χ1v) is 8.09. The molecule has 3 N–H and O–H groups in total. The molecule has 3 fully saturated rings. The molecule has 1 atom stereocenters. The highest BCUT2D eigenvalue weighted by atomic mass is 32.1. The molecule has 0 aliphatic carbocycles. The van der Waals surface area contributed by atoms with Crippen molar-refractivity contribution in [3.8, 4) is 0 Å². The van der Waals surface area contributed by atoms with Gasteiger partial charge >= 0.3 is 0 Å². The fraction of sp³-hybridized carbons (Fsp3) is 0.667. The zero-order valence-corrected chi connectivity index (χ0v) is 12.8. The second-order valence-corrected chi connectivity index (χ2v) is 7.15. The Labute approximate surface area is 129 Å². The Morgan fingerprint density at radius 3 is 2.95 bits per heavy atom. The second-order valence-electron chi connectivity index (χ2n) is 5.85. The van der Waals surface area contributed by atoms with Gasteiger partial charge in [-0.15, -0.1) is 11.3 Å². The summed E-state index contributed by atoms with van der Waals surface area (Å²) >= 11 is 6.72. The number of aliphatic hydroxyl groups is 1. The maximum atomic E-state index is 10.8. The third-order valence-corrected chi connectivity index (χ3v) is 5.34. The van der Waals surface area contributed by atoms with Crippen LogP contribution in [0, 0.1) is 5.92 Å². The lowest BCUT2D eigenvalue weighted by molar-refractivity contribution is -0.846. The first-order chi connectivity index (χ1) is 9.49. The number of hydrogen-bond acceptors (Lipinski definition) is 4. The predicted octanol–water partition coefficient (Wildman–Crippen LogP) is 0.484. The lowest BCUT2D eigenvalue weighted by atomic mass is 9.72. The van der Waals surface area contributed by atoms with Gasteiger partial charge in [0.1, 0.15) is 5.60 Å². The summed E-state index contributed by atoms with van der Waals surface area (Å²) in [5.41, 5.74) is -0.764. The first-order valence-electron chi connectivity index (χ1n) is 6.81. The van der Waals surface area contributed by atoms with Crippen LogP contribution in [0.15, 0.2) is 11.6 Å². The summed E-state index contributed by atoms with van der Waals surface area (Å²) in [6, 6.07) is 0. The Hall–Kier alpha value is -0.695. The minimum atomic E-state index is -0.764. The van der Waals surface area contributed by atoms with Crippen molar-refractivity contribution in [3.05, 3.63) is 11.6 Å². The molecular formula is C12H18BN4OS2. The van der Waals surface area contributed by atoms with Crippen molar-refractivity contribution >= 4 is 41.8 Å². The van der Waals surface area contributed by atoms with E-state index in [1.54, 1.807) is 6.20 Å². The van der Waals surface area contributed by atoms with E-state index in [1.807, 2.05) is 5.38 Å². The zero-order valence-electron chi connectivity index (χ0n) is 11.2. The van der Waals surface area contributed by atoms with Gasteiger partial charge in [-0.3, -0.25) is 0 Å². The number of aromatic nitrogens is 1. The van der Waals surface area contributed by atoms with Gasteiger partial charge in [-0.25, -0.2) is 13.0 Å². The maximum absolute atomic E-state index is 10.8. The molecule has 8 heteroatoms. The van der Waals surface area contributed by atoms with Crippen LogP contribution in [0.5, 0.6) is 0 Å². The number of rotatable bonds is 3. The van der Waals surface area contributed by atoms with Crippen LogP contribution in [0.1, 0.15) is 12.8 Å². The van der Waals surface area contributed by atoms with E-state index in [0.717, 1.165) is 31.1 Å². The van der Waals surface area contributed by atoms with E-state index >= 15 is 0 Å². The summed E-state index contributed by atoms with van der Waals surface area (Å²) in [4.78, 5) is 4.11. The molecule has 5 nitrogen and oxygen atoms in total. The van der Waals surface area contributed by atoms with Crippen molar-refractivity contribution in [1.82, 2.24) is 10.3 Å². The average molecular weight is 309 g/mol. The smallest absolute Gasteiger partial charge is 0.188 e. The number of nitrogens with one attached hydrogen (secondary N) is 2. The summed E-state index contributed by atoms with van der Waals surface area (Å²) in [6.45, 7) is 2.97. The molecule has 0 saturated carbocycles. The van der Waals surface area contributed by atoms with Gasteiger partial charge in [0.05, 0.1) is 13.1 Å². The number of fused-ring (bicyclic) bond motifs is 3. The summed E-state index contributed by atoms with van der Waals surface area (Å²) in [5, 5.41) is 20.1. The highest BCUT2D eigenvalue weighted by Gasteiger charge is 2.48. The van der Waals surface area contributed by atoms with Crippen LogP contribution >= 0.6 is 23.6 Å². The fourth-order valence-electron chi connectivity index (χ4n) is 3.31. The lowest BCUT2D eigenvalue weighted by Gasteiger charge is -2.64. The lowest BCUT2D eigenvalue weighted by Crippen LogP contribution is -2.70. The van der Waals surface area contributed by atoms with Crippen LogP contribution in [-0.4, -0.2) is 59.4 Å². The normalized spacial score (nSPS) is 35.8. The van der Waals surface area contributed by atoms with E-state index in [9.17, 15) is 5.11 Å². The fourth-order valence-corrected chi connectivity index (χ4v) is 4.08. The summed E-state index contributed by atoms with van der Waals surface area (Å²) in [7, 11) is 6.28. The molecule has 0 amide bonds. The van der Waals surface area contributed by atoms with Crippen molar-refractivity contribution in [2.75, 3.05) is 31.5 Å². The molecule has 0 aromatic carbocycles. The summed E-state index contributed by atoms with van der Waals surface area (Å²) < 4.78 is 0.487. The number of anilines is 1. The zero-order chi connectivity index (χ0) is 14.2. The monoisotopic (exact) mass is 309 g/mol. The molecule has 20 heavy (non-hydrogen) atoms. The first kappa shape index (κ1) is 14.3. The largest absolute Gasteiger partial charge is 0.586 e. The summed E-state index contributed by atoms with van der Waals surface area (Å²) in [5.74, 6) is 0.321. The number of hydrogen-bond donors (Lipinski definition) is 3. The molecule has 2 bridgehead atoms. The predicted molar refractivity (Wildman–Crippen MR) is 84.6 cm³/mol. The van der Waals surface area contributed by atoms with Gasteiger partial charge in [0, 0.05) is 30.6 Å². The topological polar surface area (TPSA) is 57.2 Å². The molecule has 107 valence electrons. The van der Waals surface area contributed by atoms with E-state index < -0.39 is 5.60 Å². The van der Waals surface area contributed by atoms with Gasteiger partial charge in [0.15, 0.2) is 10.2 Å². The maximum Gasteiger partial charge on any atom is 0.188 e. The molecule has 1 unspecified atom stereocenters. The van der Waals surface area contributed by atoms with Gasteiger partial charge < -0.3 is 20.1 Å². The van der Waals surface area contributed by atoms with Gasteiger partial charge in [0.2, 0.25) is 0 Å². The quantitative estimate of drug-likeness (QED) is 0.560. The van der Waals surface area contributed by atoms with Crippen molar-refractivity contribution in [1.29, 1.82) is 0 Å². The number of nitrogens with zero attached hydrogens (tertiary/aromatic N) is 2. The van der Waals surface area contributed by atoms with E-state index in [4.69, 9.17) is 20.2 Å². The van der Waals surface area contributed by atoms with Crippen LogP contribution in [0.4, 0.5) is 5.13 Å². The van der Waals surface area contributed by atoms with Crippen LogP contribution in [-0.2, 0) is 0 Å². The average Bonchev–Trinajstić information content (AvgIpc) is 2.89. The van der Waals surface area contributed by atoms with E-state index in [1.165, 1.54) is 11.3 Å². The minimum absolute atomic E-state index is 0.321. The Morgan fingerprint density at radius 1 is 1.60 bits per heavy atom. The Bertz CT molecular complexity index is 490. The Morgan fingerprint density at radius 2 is 2.35 bits per heavy atom. The van der Waals surface area contributed by atoms with Gasteiger partial charge in [-0.05, 0) is 25.1 Å². The highest BCUT2D eigenvalue weighted by molar-refractivity contribution is 7.80. The molecule has 3 aliphatic heterocycles. The standard InChI is InChI=1S/C12H17BN4OS2/c13-17-4-1-9(2-5-17)12(18,8-17)7-15-10(19)16-11-14-3-6-20-11/h3,6,9,18H,1-2,4-5,7-8H2,(H-,14,15,16,19)/q-1/p+1. The van der Waals surface area contributed by atoms with Crippen molar-refractivity contribution in [2.45, 2.75) is 18.4 Å². The van der Waals surface area contributed by atoms with E-state index in [0.29, 0.717) is 28.5 Å². The molecular weight excluding hydrogens is 291 g/mol. The molecule has 0 spiro atoms. The van der Waals surface area contributed by atoms with E-state index in [-0.39, 0.29) is 0 Å². The van der Waals surface area contributed by atoms with Crippen molar-refractivity contribution < 1.29 is 9.50 Å². The number of quaternary nitrogens is 1. The third kappa shape index (κ3) is 2.83. The van der Waals surface area contributed by atoms with Crippen LogP contribution < -0.4 is 10.6 Å². The van der Waals surface area contributed by atoms with Crippen LogP contribution in [0.3, 0.4) is 0 Å². The second kappa shape index (κ2) is 5.25. The molecule has 1 aromatic heterocycles. The third-order valence-electron chi connectivity index (χ3n) is 4.40. The molecule has 1 aromatic rings. The summed E-state index contributed by atoms with van der Waals surface area (Å²) in [6.07, 6.45) is 3.70. The molecule has 4 heterocycles. The van der Waals surface area contributed by atoms with Gasteiger partial charge in [-0.2, -0.15) is 0 Å². The minimum Gasteiger partial charge on any atom is -0.586 e. The van der Waals surface area contributed by atoms with E-state index in [2.05, 4.69) is 15.6 Å². The van der Waals surface area contributed by atoms with Crippen LogP contribution in [0.25, 0.3) is 0 Å². The van der Waals surface area contributed by atoms with Gasteiger partial charge in [-0.1, -0.05) is 0 Å².